The normalized spacial score (nSPS) is 10.3. The average molecular weight is 403 g/mol. The number of nitrogens with one attached hydrogen (secondary N) is 2. The number of benzene rings is 2. The molecular formula is C19H19ClN4O2S. The highest BCUT2D eigenvalue weighted by atomic mass is 35.5. The monoisotopic (exact) mass is 402 g/mol. The van der Waals surface area contributed by atoms with Crippen LogP contribution in [0.15, 0.2) is 54.7 Å². The minimum absolute atomic E-state index is 0.401. The zero-order valence-electron chi connectivity index (χ0n) is 14.9. The first-order valence-corrected chi connectivity index (χ1v) is 8.94. The summed E-state index contributed by atoms with van der Waals surface area (Å²) in [5.74, 6) is 2.00. The molecule has 0 fully saturated rings. The number of hydrogen-bond donors (Lipinski definition) is 2. The number of halogens is 1. The fourth-order valence-electron chi connectivity index (χ4n) is 2.47. The lowest BCUT2D eigenvalue weighted by atomic mass is 10.2. The summed E-state index contributed by atoms with van der Waals surface area (Å²) in [6.45, 7) is 0.642. The third-order valence-electron chi connectivity index (χ3n) is 3.79. The van der Waals surface area contributed by atoms with E-state index in [4.69, 9.17) is 33.3 Å². The van der Waals surface area contributed by atoms with Gasteiger partial charge in [-0.1, -0.05) is 23.7 Å². The van der Waals surface area contributed by atoms with Crippen molar-refractivity contribution < 1.29 is 9.47 Å². The Morgan fingerprint density at radius 1 is 1.07 bits per heavy atom. The fraction of sp³-hybridized carbons (Fsp3) is 0.158. The predicted molar refractivity (Wildman–Crippen MR) is 112 cm³/mol. The minimum Gasteiger partial charge on any atom is -0.497 e. The predicted octanol–water partition coefficient (Wildman–Crippen LogP) is 4.41. The SMILES string of the molecule is COc1ccc(OC)c(NC(=S)Nc2ccn(Cc3ccc(Cl)cc3)n2)c1. The molecule has 140 valence electrons. The topological polar surface area (TPSA) is 60.3 Å². The molecule has 0 unspecified atom stereocenters. The van der Waals surface area contributed by atoms with Gasteiger partial charge in [0.15, 0.2) is 10.9 Å². The van der Waals surface area contributed by atoms with Crippen molar-refractivity contribution in [1.82, 2.24) is 9.78 Å². The van der Waals surface area contributed by atoms with Gasteiger partial charge in [-0.3, -0.25) is 4.68 Å². The summed E-state index contributed by atoms with van der Waals surface area (Å²) >= 11 is 11.3. The number of methoxy groups -OCH3 is 2. The van der Waals surface area contributed by atoms with Crippen LogP contribution in [-0.4, -0.2) is 29.1 Å². The molecule has 0 saturated carbocycles. The van der Waals surface area contributed by atoms with Gasteiger partial charge in [-0.2, -0.15) is 5.10 Å². The summed E-state index contributed by atoms with van der Waals surface area (Å²) in [4.78, 5) is 0. The van der Waals surface area contributed by atoms with Crippen LogP contribution in [0.1, 0.15) is 5.56 Å². The van der Waals surface area contributed by atoms with Crippen LogP contribution in [0.4, 0.5) is 11.5 Å². The van der Waals surface area contributed by atoms with Crippen molar-refractivity contribution in [2.45, 2.75) is 6.54 Å². The average Bonchev–Trinajstić information content (AvgIpc) is 3.10. The summed E-state index contributed by atoms with van der Waals surface area (Å²) in [5, 5.41) is 11.8. The Morgan fingerprint density at radius 2 is 1.85 bits per heavy atom. The maximum absolute atomic E-state index is 5.91. The Labute approximate surface area is 168 Å². The van der Waals surface area contributed by atoms with Gasteiger partial charge in [-0.05, 0) is 42.0 Å². The highest BCUT2D eigenvalue weighted by Gasteiger charge is 2.08. The number of anilines is 2. The first-order chi connectivity index (χ1) is 13.1. The molecule has 0 amide bonds. The van der Waals surface area contributed by atoms with Crippen molar-refractivity contribution in [3.63, 3.8) is 0 Å². The molecule has 0 spiro atoms. The second-order valence-electron chi connectivity index (χ2n) is 5.67. The van der Waals surface area contributed by atoms with E-state index in [1.165, 1.54) is 0 Å². The smallest absolute Gasteiger partial charge is 0.176 e. The van der Waals surface area contributed by atoms with Crippen LogP contribution in [0.25, 0.3) is 0 Å². The van der Waals surface area contributed by atoms with Crippen LogP contribution < -0.4 is 20.1 Å². The summed E-state index contributed by atoms with van der Waals surface area (Å²) < 4.78 is 12.4. The molecule has 0 radical (unpaired) electrons. The van der Waals surface area contributed by atoms with E-state index in [1.54, 1.807) is 14.2 Å². The highest BCUT2D eigenvalue weighted by Crippen LogP contribution is 2.29. The number of aromatic nitrogens is 2. The summed E-state index contributed by atoms with van der Waals surface area (Å²) in [6.07, 6.45) is 1.88. The van der Waals surface area contributed by atoms with E-state index in [0.29, 0.717) is 39.7 Å². The standard InChI is InChI=1S/C19H19ClN4O2S/c1-25-15-7-8-17(26-2)16(11-15)21-19(27)22-18-9-10-24(23-18)12-13-3-5-14(20)6-4-13/h3-11H,12H2,1-2H3,(H2,21,22,23,27). The van der Waals surface area contributed by atoms with Gasteiger partial charge in [0.1, 0.15) is 11.5 Å². The van der Waals surface area contributed by atoms with Crippen LogP contribution in [-0.2, 0) is 6.54 Å². The Bertz CT molecular complexity index is 928. The third kappa shape index (κ3) is 5.12. The van der Waals surface area contributed by atoms with E-state index in [0.717, 1.165) is 5.56 Å². The molecule has 8 heteroatoms. The van der Waals surface area contributed by atoms with Crippen molar-refractivity contribution in [1.29, 1.82) is 0 Å². The van der Waals surface area contributed by atoms with E-state index in [-0.39, 0.29) is 0 Å². The number of thiocarbonyl (C=S) groups is 1. The van der Waals surface area contributed by atoms with Crippen molar-refractivity contribution >= 4 is 40.4 Å². The van der Waals surface area contributed by atoms with Gasteiger partial charge in [0.05, 0.1) is 26.5 Å². The Morgan fingerprint density at radius 3 is 2.56 bits per heavy atom. The van der Waals surface area contributed by atoms with Crippen molar-refractivity contribution in [3.8, 4) is 11.5 Å². The molecule has 1 aromatic heterocycles. The molecule has 0 aliphatic heterocycles. The fourth-order valence-corrected chi connectivity index (χ4v) is 2.82. The summed E-state index contributed by atoms with van der Waals surface area (Å²) in [7, 11) is 3.21. The molecule has 3 aromatic rings. The molecular weight excluding hydrogens is 384 g/mol. The van der Waals surface area contributed by atoms with Gasteiger partial charge in [0.2, 0.25) is 0 Å². The summed E-state index contributed by atoms with van der Waals surface area (Å²) in [6, 6.07) is 15.0. The lowest BCUT2D eigenvalue weighted by molar-refractivity contribution is 0.405. The zero-order chi connectivity index (χ0) is 19.2. The van der Waals surface area contributed by atoms with Gasteiger partial charge >= 0.3 is 0 Å². The molecule has 3 rings (SSSR count). The first kappa shape index (κ1) is 19.0. The molecule has 1 heterocycles. The molecule has 2 N–H and O–H groups in total. The molecule has 0 bridgehead atoms. The van der Waals surface area contributed by atoms with Crippen LogP contribution in [0.5, 0.6) is 11.5 Å². The molecule has 0 aliphatic carbocycles. The second kappa shape index (κ2) is 8.75. The van der Waals surface area contributed by atoms with Crippen molar-refractivity contribution in [3.05, 3.63) is 65.3 Å². The lowest BCUT2D eigenvalue weighted by Crippen LogP contribution is -2.20. The first-order valence-electron chi connectivity index (χ1n) is 8.15. The Kier molecular flexibility index (Phi) is 6.16. The minimum atomic E-state index is 0.401. The van der Waals surface area contributed by atoms with Gasteiger partial charge in [-0.15, -0.1) is 0 Å². The molecule has 2 aromatic carbocycles. The van der Waals surface area contributed by atoms with Crippen LogP contribution in [0.2, 0.25) is 5.02 Å². The van der Waals surface area contributed by atoms with Crippen LogP contribution >= 0.6 is 23.8 Å². The van der Waals surface area contributed by atoms with E-state index in [1.807, 2.05) is 59.4 Å². The number of ether oxygens (including phenoxy) is 2. The second-order valence-corrected chi connectivity index (χ2v) is 6.52. The molecule has 0 aliphatic rings. The van der Waals surface area contributed by atoms with Gasteiger partial charge < -0.3 is 20.1 Å². The third-order valence-corrected chi connectivity index (χ3v) is 4.25. The number of hydrogen-bond acceptors (Lipinski definition) is 4. The lowest BCUT2D eigenvalue weighted by Gasteiger charge is -2.13. The maximum atomic E-state index is 5.91. The maximum Gasteiger partial charge on any atom is 0.176 e. The van der Waals surface area contributed by atoms with Crippen LogP contribution in [0.3, 0.4) is 0 Å². The van der Waals surface area contributed by atoms with E-state index >= 15 is 0 Å². The largest absolute Gasteiger partial charge is 0.497 e. The van der Waals surface area contributed by atoms with Crippen LogP contribution in [0, 0.1) is 0 Å². The number of rotatable bonds is 6. The Balaban J connectivity index is 1.63. The molecule has 27 heavy (non-hydrogen) atoms. The van der Waals surface area contributed by atoms with Gasteiger partial charge in [-0.25, -0.2) is 0 Å². The summed E-state index contributed by atoms with van der Waals surface area (Å²) in [5.41, 5.74) is 1.81. The molecule has 0 atom stereocenters. The highest BCUT2D eigenvalue weighted by molar-refractivity contribution is 7.80. The quantitative estimate of drug-likeness (QED) is 0.595. The van der Waals surface area contributed by atoms with E-state index < -0.39 is 0 Å². The van der Waals surface area contributed by atoms with Crippen molar-refractivity contribution in [2.75, 3.05) is 24.9 Å². The Hall–Kier alpha value is -2.77. The molecule has 6 nitrogen and oxygen atoms in total. The van der Waals surface area contributed by atoms with E-state index in [9.17, 15) is 0 Å². The zero-order valence-corrected chi connectivity index (χ0v) is 16.5. The van der Waals surface area contributed by atoms with Crippen molar-refractivity contribution in [2.24, 2.45) is 0 Å². The van der Waals surface area contributed by atoms with E-state index in [2.05, 4.69) is 15.7 Å². The number of nitrogens with zero attached hydrogens (tertiary/aromatic N) is 2. The van der Waals surface area contributed by atoms with Gasteiger partial charge in [0, 0.05) is 23.4 Å². The molecule has 0 saturated heterocycles. The van der Waals surface area contributed by atoms with Gasteiger partial charge in [0.25, 0.3) is 0 Å².